The van der Waals surface area contributed by atoms with Crippen molar-refractivity contribution in [2.75, 3.05) is 25.6 Å². The fourth-order valence-electron chi connectivity index (χ4n) is 1.19. The number of hydrogen-bond acceptors (Lipinski definition) is 4. The summed E-state index contributed by atoms with van der Waals surface area (Å²) in [5.41, 5.74) is 0. The number of methoxy groups -OCH3 is 1. The maximum atomic E-state index is 6.01. The highest BCUT2D eigenvalue weighted by Crippen LogP contribution is 2.23. The summed E-state index contributed by atoms with van der Waals surface area (Å²) in [5, 5.41) is 0.635. The average Bonchev–Trinajstić information content (AvgIpc) is 2.26. The third-order valence-corrected chi connectivity index (χ3v) is 2.59. The number of ether oxygens (including phenoxy) is 1. The summed E-state index contributed by atoms with van der Waals surface area (Å²) in [4.78, 5) is 10.0. The first-order chi connectivity index (χ1) is 7.54. The zero-order valence-electron chi connectivity index (χ0n) is 9.57. The van der Waals surface area contributed by atoms with E-state index in [-0.39, 0.29) is 5.38 Å². The van der Waals surface area contributed by atoms with Crippen LogP contribution in [0.3, 0.4) is 0 Å². The highest BCUT2D eigenvalue weighted by Gasteiger charge is 2.11. The predicted molar refractivity (Wildman–Crippen MR) is 66.8 cm³/mol. The minimum atomic E-state index is 0.130. The molecule has 0 amide bonds. The minimum Gasteiger partial charge on any atom is -0.467 e. The Kier molecular flexibility index (Phi) is 5.09. The summed E-state index contributed by atoms with van der Waals surface area (Å²) < 4.78 is 4.95. The molecule has 1 aromatic heterocycles. The molecular formula is C10H15Cl2N3O. The quantitative estimate of drug-likeness (QED) is 0.766. The molecule has 0 aromatic carbocycles. The molecule has 1 heterocycles. The van der Waals surface area contributed by atoms with Crippen LogP contribution in [-0.4, -0.2) is 36.0 Å². The smallest absolute Gasteiger partial charge is 0.318 e. The molecule has 0 aliphatic heterocycles. The molecule has 4 nitrogen and oxygen atoms in total. The molecule has 16 heavy (non-hydrogen) atoms. The number of aromatic nitrogens is 2. The maximum Gasteiger partial charge on any atom is 0.318 e. The molecule has 0 saturated heterocycles. The van der Waals surface area contributed by atoms with E-state index in [9.17, 15) is 0 Å². The molecule has 90 valence electrons. The lowest BCUT2D eigenvalue weighted by Gasteiger charge is -2.19. The maximum absolute atomic E-state index is 6.01. The van der Waals surface area contributed by atoms with Crippen LogP contribution >= 0.6 is 23.2 Å². The molecule has 1 atom stereocenters. The molecule has 0 radical (unpaired) electrons. The number of hydrogen-bond donors (Lipinski definition) is 0. The first kappa shape index (κ1) is 13.3. The SMILES string of the molecule is COc1ncc(Cl)c(N(C)CCC(C)Cl)n1. The van der Waals surface area contributed by atoms with Crippen molar-refractivity contribution in [1.82, 2.24) is 9.97 Å². The van der Waals surface area contributed by atoms with Gasteiger partial charge in [0.05, 0.1) is 13.3 Å². The van der Waals surface area contributed by atoms with E-state index in [2.05, 4.69) is 9.97 Å². The van der Waals surface area contributed by atoms with Crippen LogP contribution in [-0.2, 0) is 0 Å². The molecule has 0 aliphatic carbocycles. The van der Waals surface area contributed by atoms with Crippen LogP contribution in [0.1, 0.15) is 13.3 Å². The standard InChI is InChI=1S/C10H15Cl2N3O/c1-7(11)4-5-15(2)9-8(12)6-13-10(14-9)16-3/h6-7H,4-5H2,1-3H3. The van der Waals surface area contributed by atoms with E-state index in [1.807, 2.05) is 18.9 Å². The molecule has 0 spiro atoms. The summed E-state index contributed by atoms with van der Waals surface area (Å²) in [6.07, 6.45) is 2.39. The van der Waals surface area contributed by atoms with E-state index in [4.69, 9.17) is 27.9 Å². The van der Waals surface area contributed by atoms with Gasteiger partial charge in [0.25, 0.3) is 0 Å². The van der Waals surface area contributed by atoms with Crippen molar-refractivity contribution in [3.05, 3.63) is 11.2 Å². The van der Waals surface area contributed by atoms with Crippen molar-refractivity contribution < 1.29 is 4.74 Å². The molecule has 6 heteroatoms. The van der Waals surface area contributed by atoms with Gasteiger partial charge in [-0.25, -0.2) is 4.98 Å². The Bertz CT molecular complexity index is 347. The second kappa shape index (κ2) is 6.11. The predicted octanol–water partition coefficient (Wildman–Crippen LogP) is 2.59. The lowest BCUT2D eigenvalue weighted by molar-refractivity contribution is 0.380. The van der Waals surface area contributed by atoms with Gasteiger partial charge in [-0.1, -0.05) is 11.6 Å². The Balaban J connectivity index is 2.76. The van der Waals surface area contributed by atoms with Gasteiger partial charge < -0.3 is 9.64 Å². The average molecular weight is 264 g/mol. The summed E-state index contributed by atoms with van der Waals surface area (Å²) in [7, 11) is 3.43. The lowest BCUT2D eigenvalue weighted by atomic mass is 10.3. The number of rotatable bonds is 5. The summed E-state index contributed by atoms with van der Waals surface area (Å²) in [6.45, 7) is 2.74. The summed E-state index contributed by atoms with van der Waals surface area (Å²) in [5.74, 6) is 0.658. The van der Waals surface area contributed by atoms with Crippen LogP contribution in [0.5, 0.6) is 6.01 Å². The van der Waals surface area contributed by atoms with Gasteiger partial charge in [-0.05, 0) is 13.3 Å². The minimum absolute atomic E-state index is 0.130. The van der Waals surface area contributed by atoms with Crippen LogP contribution in [0.25, 0.3) is 0 Å². The van der Waals surface area contributed by atoms with Gasteiger partial charge in [-0.15, -0.1) is 11.6 Å². The number of halogens is 2. The number of nitrogens with zero attached hydrogens (tertiary/aromatic N) is 3. The van der Waals surface area contributed by atoms with E-state index in [1.165, 1.54) is 13.3 Å². The molecule has 1 unspecified atom stereocenters. The molecule has 0 N–H and O–H groups in total. The zero-order chi connectivity index (χ0) is 12.1. The Morgan fingerprint density at radius 3 is 2.81 bits per heavy atom. The largest absolute Gasteiger partial charge is 0.467 e. The fraction of sp³-hybridized carbons (Fsp3) is 0.600. The third-order valence-electron chi connectivity index (χ3n) is 2.11. The van der Waals surface area contributed by atoms with Gasteiger partial charge in [-0.3, -0.25) is 0 Å². The summed E-state index contributed by atoms with van der Waals surface area (Å²) in [6, 6.07) is 0.310. The van der Waals surface area contributed by atoms with Gasteiger partial charge in [0.2, 0.25) is 0 Å². The van der Waals surface area contributed by atoms with Crippen LogP contribution in [0.4, 0.5) is 5.82 Å². The van der Waals surface area contributed by atoms with Gasteiger partial charge in [0.1, 0.15) is 5.02 Å². The second-order valence-electron chi connectivity index (χ2n) is 3.52. The lowest BCUT2D eigenvalue weighted by Crippen LogP contribution is -2.22. The molecular weight excluding hydrogens is 249 g/mol. The third kappa shape index (κ3) is 3.68. The Morgan fingerprint density at radius 1 is 1.56 bits per heavy atom. The van der Waals surface area contributed by atoms with Crippen molar-refractivity contribution >= 4 is 29.0 Å². The first-order valence-electron chi connectivity index (χ1n) is 4.96. The van der Waals surface area contributed by atoms with Gasteiger partial charge in [-0.2, -0.15) is 4.98 Å². The molecule has 0 aliphatic rings. The van der Waals surface area contributed by atoms with Crippen LogP contribution in [0.15, 0.2) is 6.20 Å². The van der Waals surface area contributed by atoms with E-state index in [1.54, 1.807) is 0 Å². The Morgan fingerprint density at radius 2 is 2.25 bits per heavy atom. The zero-order valence-corrected chi connectivity index (χ0v) is 11.1. The van der Waals surface area contributed by atoms with E-state index in [0.29, 0.717) is 16.9 Å². The van der Waals surface area contributed by atoms with Crippen LogP contribution in [0.2, 0.25) is 5.02 Å². The number of anilines is 1. The molecule has 1 rings (SSSR count). The molecule has 1 aromatic rings. The van der Waals surface area contributed by atoms with E-state index in [0.717, 1.165) is 13.0 Å². The van der Waals surface area contributed by atoms with Gasteiger partial charge >= 0.3 is 6.01 Å². The van der Waals surface area contributed by atoms with Crippen molar-refractivity contribution in [2.24, 2.45) is 0 Å². The summed E-state index contributed by atoms with van der Waals surface area (Å²) >= 11 is 11.9. The topological polar surface area (TPSA) is 38.2 Å². The molecule has 0 bridgehead atoms. The highest BCUT2D eigenvalue weighted by molar-refractivity contribution is 6.32. The van der Waals surface area contributed by atoms with Crippen molar-refractivity contribution in [2.45, 2.75) is 18.7 Å². The van der Waals surface area contributed by atoms with E-state index < -0.39 is 0 Å². The molecule has 0 fully saturated rings. The number of alkyl halides is 1. The van der Waals surface area contributed by atoms with Crippen molar-refractivity contribution in [3.8, 4) is 6.01 Å². The molecule has 0 saturated carbocycles. The monoisotopic (exact) mass is 263 g/mol. The normalized spacial score (nSPS) is 12.3. The Hall–Kier alpha value is -0.740. The van der Waals surface area contributed by atoms with Crippen LogP contribution < -0.4 is 9.64 Å². The fourth-order valence-corrected chi connectivity index (χ4v) is 1.52. The van der Waals surface area contributed by atoms with E-state index >= 15 is 0 Å². The van der Waals surface area contributed by atoms with Crippen LogP contribution in [0, 0.1) is 0 Å². The second-order valence-corrected chi connectivity index (χ2v) is 4.67. The van der Waals surface area contributed by atoms with Crippen molar-refractivity contribution in [1.29, 1.82) is 0 Å². The first-order valence-corrected chi connectivity index (χ1v) is 5.77. The van der Waals surface area contributed by atoms with Crippen molar-refractivity contribution in [3.63, 3.8) is 0 Å². The van der Waals surface area contributed by atoms with Gasteiger partial charge in [0, 0.05) is 19.0 Å². The van der Waals surface area contributed by atoms with Gasteiger partial charge in [0.15, 0.2) is 5.82 Å². The highest BCUT2D eigenvalue weighted by atomic mass is 35.5. The Labute approximate surface area is 106 Å².